The van der Waals surface area contributed by atoms with E-state index in [1.165, 1.54) is 18.9 Å². The zero-order valence-electron chi connectivity index (χ0n) is 9.07. The van der Waals surface area contributed by atoms with E-state index in [0.29, 0.717) is 10.6 Å². The third-order valence-electron chi connectivity index (χ3n) is 2.12. The minimum atomic E-state index is -0.343. The van der Waals surface area contributed by atoms with Gasteiger partial charge in [-0.15, -0.1) is 0 Å². The molecule has 5 heteroatoms. The van der Waals surface area contributed by atoms with E-state index in [4.69, 9.17) is 11.6 Å². The van der Waals surface area contributed by atoms with E-state index in [1.807, 2.05) is 24.3 Å². The van der Waals surface area contributed by atoms with Gasteiger partial charge in [0, 0.05) is 16.1 Å². The number of methoxy groups -OCH3 is 1. The Balaban J connectivity index is 2.11. The maximum absolute atomic E-state index is 11.3. The topological polar surface area (TPSA) is 42.1 Å². The third kappa shape index (κ3) is 3.05. The number of benzene rings is 1. The van der Waals surface area contributed by atoms with Crippen molar-refractivity contribution in [2.75, 3.05) is 7.11 Å². The number of hydrogen-bond donors (Lipinski definition) is 1. The number of aromatic amines is 1. The van der Waals surface area contributed by atoms with Crippen molar-refractivity contribution in [3.63, 3.8) is 0 Å². The molecule has 0 saturated carbocycles. The molecule has 0 aliphatic heterocycles. The smallest absolute Gasteiger partial charge is 0.339 e. The standard InChI is InChI=1S/C12H10ClNO2S/c1-16-12(15)8-6-11(14-7-8)17-10-4-2-9(13)3-5-10/h2-7,14H,1H3. The average molecular weight is 268 g/mol. The quantitative estimate of drug-likeness (QED) is 0.864. The van der Waals surface area contributed by atoms with Crippen molar-refractivity contribution in [3.05, 3.63) is 47.1 Å². The van der Waals surface area contributed by atoms with Crippen molar-refractivity contribution in [1.82, 2.24) is 4.98 Å². The molecule has 88 valence electrons. The van der Waals surface area contributed by atoms with Crippen LogP contribution in [0.25, 0.3) is 0 Å². The Labute approximate surface area is 108 Å². The number of ether oxygens (including phenoxy) is 1. The fraction of sp³-hybridized carbons (Fsp3) is 0.0833. The van der Waals surface area contributed by atoms with E-state index in [0.717, 1.165) is 9.92 Å². The van der Waals surface area contributed by atoms with Crippen LogP contribution >= 0.6 is 23.4 Å². The highest BCUT2D eigenvalue weighted by Gasteiger charge is 2.08. The fourth-order valence-electron chi connectivity index (χ4n) is 1.30. The van der Waals surface area contributed by atoms with Crippen molar-refractivity contribution in [2.45, 2.75) is 9.92 Å². The summed E-state index contributed by atoms with van der Waals surface area (Å²) in [6.07, 6.45) is 1.63. The van der Waals surface area contributed by atoms with Gasteiger partial charge < -0.3 is 9.72 Å². The van der Waals surface area contributed by atoms with Crippen molar-refractivity contribution in [1.29, 1.82) is 0 Å². The van der Waals surface area contributed by atoms with E-state index >= 15 is 0 Å². The average Bonchev–Trinajstić information content (AvgIpc) is 2.80. The highest BCUT2D eigenvalue weighted by molar-refractivity contribution is 7.99. The molecule has 0 bridgehead atoms. The van der Waals surface area contributed by atoms with Gasteiger partial charge in [-0.1, -0.05) is 23.4 Å². The van der Waals surface area contributed by atoms with Gasteiger partial charge in [-0.25, -0.2) is 4.79 Å². The number of esters is 1. The molecule has 3 nitrogen and oxygen atoms in total. The molecular formula is C12H10ClNO2S. The van der Waals surface area contributed by atoms with Crippen LogP contribution in [0.15, 0.2) is 46.5 Å². The van der Waals surface area contributed by atoms with Gasteiger partial charge in [-0.05, 0) is 30.3 Å². The first-order valence-electron chi connectivity index (χ1n) is 4.89. The first-order chi connectivity index (χ1) is 8.19. The van der Waals surface area contributed by atoms with Gasteiger partial charge >= 0.3 is 5.97 Å². The molecule has 1 heterocycles. The second-order valence-electron chi connectivity index (χ2n) is 3.30. The summed E-state index contributed by atoms with van der Waals surface area (Å²) in [5.41, 5.74) is 0.518. The van der Waals surface area contributed by atoms with Crippen LogP contribution in [0.4, 0.5) is 0 Å². The van der Waals surface area contributed by atoms with Gasteiger partial charge in [0.1, 0.15) is 0 Å². The third-order valence-corrected chi connectivity index (χ3v) is 3.33. The lowest BCUT2D eigenvalue weighted by Crippen LogP contribution is -1.98. The van der Waals surface area contributed by atoms with Crippen molar-refractivity contribution in [3.8, 4) is 0 Å². The Morgan fingerprint density at radius 3 is 2.71 bits per heavy atom. The van der Waals surface area contributed by atoms with Crippen LogP contribution in [0, 0.1) is 0 Å². The van der Waals surface area contributed by atoms with Gasteiger partial charge in [-0.2, -0.15) is 0 Å². The molecule has 17 heavy (non-hydrogen) atoms. The van der Waals surface area contributed by atoms with Crippen LogP contribution in [0.2, 0.25) is 5.02 Å². The van der Waals surface area contributed by atoms with E-state index in [9.17, 15) is 4.79 Å². The molecule has 1 aromatic carbocycles. The largest absolute Gasteiger partial charge is 0.465 e. The summed E-state index contributed by atoms with van der Waals surface area (Å²) >= 11 is 7.32. The van der Waals surface area contributed by atoms with Crippen molar-refractivity contribution < 1.29 is 9.53 Å². The molecule has 1 aromatic heterocycles. The van der Waals surface area contributed by atoms with Crippen LogP contribution in [0.5, 0.6) is 0 Å². The lowest BCUT2D eigenvalue weighted by atomic mass is 10.3. The molecule has 0 fully saturated rings. The van der Waals surface area contributed by atoms with Crippen molar-refractivity contribution in [2.24, 2.45) is 0 Å². The monoisotopic (exact) mass is 267 g/mol. The molecule has 0 saturated heterocycles. The Kier molecular flexibility index (Phi) is 3.76. The predicted octanol–water partition coefficient (Wildman–Crippen LogP) is 3.61. The maximum Gasteiger partial charge on any atom is 0.339 e. The number of carbonyl (C=O) groups excluding carboxylic acids is 1. The summed E-state index contributed by atoms with van der Waals surface area (Å²) in [4.78, 5) is 15.3. The second-order valence-corrected chi connectivity index (χ2v) is 4.85. The maximum atomic E-state index is 11.3. The minimum absolute atomic E-state index is 0.343. The molecule has 0 aliphatic carbocycles. The summed E-state index contributed by atoms with van der Waals surface area (Å²) in [7, 11) is 1.36. The van der Waals surface area contributed by atoms with Gasteiger partial charge in [0.15, 0.2) is 0 Å². The predicted molar refractivity (Wildman–Crippen MR) is 67.7 cm³/mol. The Morgan fingerprint density at radius 1 is 1.35 bits per heavy atom. The van der Waals surface area contributed by atoms with Gasteiger partial charge in [0.2, 0.25) is 0 Å². The molecule has 2 rings (SSSR count). The summed E-state index contributed by atoms with van der Waals surface area (Å²) in [5.74, 6) is -0.343. The van der Waals surface area contributed by atoms with E-state index < -0.39 is 0 Å². The number of aromatic nitrogens is 1. The van der Waals surface area contributed by atoms with Crippen LogP contribution in [-0.4, -0.2) is 18.1 Å². The van der Waals surface area contributed by atoms with Crippen LogP contribution in [-0.2, 0) is 4.74 Å². The summed E-state index contributed by atoms with van der Waals surface area (Å²) in [5, 5.41) is 1.59. The molecule has 1 N–H and O–H groups in total. The molecule has 2 aromatic rings. The number of carbonyl (C=O) groups is 1. The van der Waals surface area contributed by atoms with E-state index in [2.05, 4.69) is 9.72 Å². The van der Waals surface area contributed by atoms with Gasteiger partial charge in [0.05, 0.1) is 17.7 Å². The van der Waals surface area contributed by atoms with Gasteiger partial charge in [-0.3, -0.25) is 0 Å². The lowest BCUT2D eigenvalue weighted by molar-refractivity contribution is 0.0601. The first kappa shape index (κ1) is 12.1. The van der Waals surface area contributed by atoms with Crippen LogP contribution in [0.1, 0.15) is 10.4 Å². The minimum Gasteiger partial charge on any atom is -0.465 e. The Morgan fingerprint density at radius 2 is 2.06 bits per heavy atom. The first-order valence-corrected chi connectivity index (χ1v) is 6.08. The van der Waals surface area contributed by atoms with E-state index in [-0.39, 0.29) is 5.97 Å². The normalized spacial score (nSPS) is 10.2. The highest BCUT2D eigenvalue weighted by Crippen LogP contribution is 2.28. The molecule has 0 spiro atoms. The fourth-order valence-corrected chi connectivity index (χ4v) is 2.25. The molecular weight excluding hydrogens is 258 g/mol. The van der Waals surface area contributed by atoms with Crippen LogP contribution < -0.4 is 0 Å². The van der Waals surface area contributed by atoms with Crippen LogP contribution in [0.3, 0.4) is 0 Å². The SMILES string of the molecule is COC(=O)c1c[nH]c(Sc2ccc(Cl)cc2)c1. The zero-order valence-corrected chi connectivity index (χ0v) is 10.6. The molecule has 0 aliphatic rings. The summed E-state index contributed by atoms with van der Waals surface area (Å²) in [6.45, 7) is 0. The number of rotatable bonds is 3. The van der Waals surface area contributed by atoms with E-state index in [1.54, 1.807) is 12.3 Å². The van der Waals surface area contributed by atoms with Gasteiger partial charge in [0.25, 0.3) is 0 Å². The number of nitrogens with one attached hydrogen (secondary N) is 1. The zero-order chi connectivity index (χ0) is 12.3. The Bertz CT molecular complexity index is 522. The number of hydrogen-bond acceptors (Lipinski definition) is 3. The molecule has 0 amide bonds. The highest BCUT2D eigenvalue weighted by atomic mass is 35.5. The molecule has 0 unspecified atom stereocenters. The molecule has 0 radical (unpaired) electrons. The second kappa shape index (κ2) is 5.29. The summed E-state index contributed by atoms with van der Waals surface area (Å²) in [6, 6.07) is 9.25. The van der Waals surface area contributed by atoms with Crippen molar-refractivity contribution >= 4 is 29.3 Å². The number of H-pyrrole nitrogens is 1. The Hall–Kier alpha value is -1.39. The number of halogens is 1. The molecule has 0 atom stereocenters. The summed E-state index contributed by atoms with van der Waals surface area (Å²) < 4.78 is 4.63. The lowest BCUT2D eigenvalue weighted by Gasteiger charge is -1.98.